The molecular weight excluding hydrogens is 228 g/mol. The Hall–Kier alpha value is -1.35. The van der Waals surface area contributed by atoms with Crippen LogP contribution in [0.2, 0.25) is 0 Å². The normalized spacial score (nSPS) is 31.2. The average Bonchev–Trinajstić information content (AvgIpc) is 2.99. The standard InChI is InChI=1S/C15H18O3/c1-17-12-6-4-11(5-7-12)13-9-15(10-18-13)8-2-3-14(15)16/h4-7,13H,2-3,8-10H2,1H3/t13-,15-/m1/s1. The molecule has 2 aliphatic rings. The lowest BCUT2D eigenvalue weighted by atomic mass is 9.82. The zero-order chi connectivity index (χ0) is 12.6. The van der Waals surface area contributed by atoms with Crippen LogP contribution >= 0.6 is 0 Å². The van der Waals surface area contributed by atoms with E-state index in [9.17, 15) is 4.79 Å². The van der Waals surface area contributed by atoms with Crippen LogP contribution in [0.15, 0.2) is 24.3 Å². The summed E-state index contributed by atoms with van der Waals surface area (Å²) >= 11 is 0. The molecule has 0 aromatic heterocycles. The second kappa shape index (κ2) is 4.39. The number of methoxy groups -OCH3 is 1. The van der Waals surface area contributed by atoms with Crippen molar-refractivity contribution in [3.8, 4) is 5.75 Å². The SMILES string of the molecule is COc1ccc([C@H]2C[C@]3(CCCC3=O)CO2)cc1. The third-order valence-corrected chi connectivity index (χ3v) is 4.28. The first-order valence-electron chi connectivity index (χ1n) is 6.52. The summed E-state index contributed by atoms with van der Waals surface area (Å²) in [5.41, 5.74) is 0.970. The number of benzene rings is 1. The van der Waals surface area contributed by atoms with Crippen LogP contribution in [0.4, 0.5) is 0 Å². The number of ether oxygens (including phenoxy) is 2. The molecule has 3 heteroatoms. The van der Waals surface area contributed by atoms with Crippen molar-refractivity contribution in [3.05, 3.63) is 29.8 Å². The van der Waals surface area contributed by atoms with Crippen molar-refractivity contribution < 1.29 is 14.3 Å². The summed E-state index contributed by atoms with van der Waals surface area (Å²) in [5.74, 6) is 1.25. The molecule has 18 heavy (non-hydrogen) atoms. The van der Waals surface area contributed by atoms with Crippen LogP contribution in [0.25, 0.3) is 0 Å². The fraction of sp³-hybridized carbons (Fsp3) is 0.533. The third-order valence-electron chi connectivity index (χ3n) is 4.28. The van der Waals surface area contributed by atoms with Gasteiger partial charge in [0, 0.05) is 6.42 Å². The van der Waals surface area contributed by atoms with E-state index in [0.717, 1.165) is 37.0 Å². The molecule has 0 amide bonds. The molecule has 0 unspecified atom stereocenters. The minimum atomic E-state index is -0.176. The number of rotatable bonds is 2. The molecule has 2 fully saturated rings. The second-order valence-corrected chi connectivity index (χ2v) is 5.33. The molecule has 96 valence electrons. The van der Waals surface area contributed by atoms with Gasteiger partial charge >= 0.3 is 0 Å². The Balaban J connectivity index is 1.76. The zero-order valence-corrected chi connectivity index (χ0v) is 10.6. The molecule has 3 rings (SSSR count). The number of carbonyl (C=O) groups excluding carboxylic acids is 1. The average molecular weight is 246 g/mol. The van der Waals surface area contributed by atoms with Crippen molar-refractivity contribution in [1.29, 1.82) is 0 Å². The van der Waals surface area contributed by atoms with Gasteiger partial charge in [0.1, 0.15) is 11.5 Å². The number of Topliss-reactive ketones (excluding diaryl/α,β-unsaturated/α-hetero) is 1. The molecule has 1 aromatic rings. The fourth-order valence-electron chi connectivity index (χ4n) is 3.13. The van der Waals surface area contributed by atoms with Crippen LogP contribution in [-0.2, 0) is 9.53 Å². The van der Waals surface area contributed by atoms with E-state index in [1.54, 1.807) is 7.11 Å². The molecule has 0 N–H and O–H groups in total. The minimum Gasteiger partial charge on any atom is -0.497 e. The summed E-state index contributed by atoms with van der Waals surface area (Å²) in [4.78, 5) is 12.0. The van der Waals surface area contributed by atoms with Crippen LogP contribution in [0.5, 0.6) is 5.75 Å². The van der Waals surface area contributed by atoms with Crippen molar-refractivity contribution in [2.45, 2.75) is 31.8 Å². The van der Waals surface area contributed by atoms with Crippen molar-refractivity contribution >= 4 is 5.78 Å². The van der Waals surface area contributed by atoms with Gasteiger partial charge in [0.05, 0.1) is 25.2 Å². The van der Waals surface area contributed by atoms with Crippen molar-refractivity contribution in [2.24, 2.45) is 5.41 Å². The van der Waals surface area contributed by atoms with Gasteiger partial charge in [-0.05, 0) is 37.0 Å². The molecule has 3 nitrogen and oxygen atoms in total. The van der Waals surface area contributed by atoms with Crippen molar-refractivity contribution in [2.75, 3.05) is 13.7 Å². The lowest BCUT2D eigenvalue weighted by Gasteiger charge is -2.18. The van der Waals surface area contributed by atoms with E-state index in [0.29, 0.717) is 12.4 Å². The van der Waals surface area contributed by atoms with Gasteiger partial charge in [0.15, 0.2) is 0 Å². The van der Waals surface area contributed by atoms with E-state index in [-0.39, 0.29) is 11.5 Å². The van der Waals surface area contributed by atoms with Crippen LogP contribution in [0, 0.1) is 5.41 Å². The van der Waals surface area contributed by atoms with Crippen molar-refractivity contribution in [1.82, 2.24) is 0 Å². The van der Waals surface area contributed by atoms with Crippen LogP contribution in [0.1, 0.15) is 37.4 Å². The Morgan fingerprint density at radius 2 is 2.11 bits per heavy atom. The molecule has 1 aliphatic carbocycles. The summed E-state index contributed by atoms with van der Waals surface area (Å²) in [7, 11) is 1.66. The summed E-state index contributed by atoms with van der Waals surface area (Å²) < 4.78 is 11.0. The lowest BCUT2D eigenvalue weighted by molar-refractivity contribution is -0.125. The topological polar surface area (TPSA) is 35.5 Å². The molecule has 1 saturated heterocycles. The van der Waals surface area contributed by atoms with E-state index in [2.05, 4.69) is 0 Å². The highest BCUT2D eigenvalue weighted by Gasteiger charge is 2.48. The number of ketones is 1. The second-order valence-electron chi connectivity index (χ2n) is 5.33. The highest BCUT2D eigenvalue weighted by Crippen LogP contribution is 2.48. The van der Waals surface area contributed by atoms with E-state index >= 15 is 0 Å². The maximum absolute atomic E-state index is 12.0. The van der Waals surface area contributed by atoms with Gasteiger partial charge in [-0.15, -0.1) is 0 Å². The Kier molecular flexibility index (Phi) is 2.86. The van der Waals surface area contributed by atoms with E-state index in [1.807, 2.05) is 24.3 Å². The molecule has 1 aliphatic heterocycles. The first kappa shape index (κ1) is 11.7. The van der Waals surface area contributed by atoms with Gasteiger partial charge < -0.3 is 9.47 Å². The van der Waals surface area contributed by atoms with Crippen LogP contribution in [-0.4, -0.2) is 19.5 Å². The Bertz CT molecular complexity index is 451. The first-order chi connectivity index (χ1) is 8.73. The quantitative estimate of drug-likeness (QED) is 0.805. The van der Waals surface area contributed by atoms with Gasteiger partial charge in [-0.1, -0.05) is 12.1 Å². The summed E-state index contributed by atoms with van der Waals surface area (Å²) in [6, 6.07) is 7.95. The van der Waals surface area contributed by atoms with Gasteiger partial charge in [0.2, 0.25) is 0 Å². The minimum absolute atomic E-state index is 0.0676. The number of hydrogen-bond acceptors (Lipinski definition) is 3. The molecule has 1 spiro atoms. The molecular formula is C15H18O3. The highest BCUT2D eigenvalue weighted by atomic mass is 16.5. The fourth-order valence-corrected chi connectivity index (χ4v) is 3.13. The molecule has 0 bridgehead atoms. The number of carbonyl (C=O) groups is 1. The van der Waals surface area contributed by atoms with E-state index < -0.39 is 0 Å². The van der Waals surface area contributed by atoms with Crippen LogP contribution in [0.3, 0.4) is 0 Å². The maximum atomic E-state index is 12.0. The van der Waals surface area contributed by atoms with Gasteiger partial charge in [-0.25, -0.2) is 0 Å². The molecule has 2 atom stereocenters. The molecule has 1 saturated carbocycles. The monoisotopic (exact) mass is 246 g/mol. The molecule has 1 aromatic carbocycles. The van der Waals surface area contributed by atoms with Gasteiger partial charge in [-0.2, -0.15) is 0 Å². The van der Waals surface area contributed by atoms with Crippen LogP contribution < -0.4 is 4.74 Å². The Morgan fingerprint density at radius 3 is 2.72 bits per heavy atom. The van der Waals surface area contributed by atoms with Gasteiger partial charge in [0.25, 0.3) is 0 Å². The van der Waals surface area contributed by atoms with Crippen molar-refractivity contribution in [3.63, 3.8) is 0 Å². The summed E-state index contributed by atoms with van der Waals surface area (Å²) in [6.45, 7) is 0.600. The maximum Gasteiger partial charge on any atom is 0.141 e. The lowest BCUT2D eigenvalue weighted by Crippen LogP contribution is -2.25. The van der Waals surface area contributed by atoms with E-state index in [1.165, 1.54) is 0 Å². The zero-order valence-electron chi connectivity index (χ0n) is 10.6. The third kappa shape index (κ3) is 1.83. The first-order valence-corrected chi connectivity index (χ1v) is 6.52. The molecule has 0 radical (unpaired) electrons. The predicted octanol–water partition coefficient (Wildman–Crippen LogP) is 2.90. The largest absolute Gasteiger partial charge is 0.497 e. The molecule has 1 heterocycles. The predicted molar refractivity (Wildman–Crippen MR) is 67.6 cm³/mol. The highest BCUT2D eigenvalue weighted by molar-refractivity contribution is 5.87. The van der Waals surface area contributed by atoms with Gasteiger partial charge in [-0.3, -0.25) is 4.79 Å². The smallest absolute Gasteiger partial charge is 0.141 e. The summed E-state index contributed by atoms with van der Waals surface area (Å²) in [5, 5.41) is 0. The Morgan fingerprint density at radius 1 is 1.33 bits per heavy atom. The number of hydrogen-bond donors (Lipinski definition) is 0. The summed E-state index contributed by atoms with van der Waals surface area (Å²) in [6.07, 6.45) is 3.67. The van der Waals surface area contributed by atoms with E-state index in [4.69, 9.17) is 9.47 Å². The Labute approximate surface area is 107 Å².